The molecule has 0 saturated carbocycles. The van der Waals surface area contributed by atoms with Gasteiger partial charge in [0.15, 0.2) is 0 Å². The molecule has 0 spiro atoms. The van der Waals surface area contributed by atoms with Crippen LogP contribution < -0.4 is 27.4 Å². The van der Waals surface area contributed by atoms with Crippen LogP contribution in [-0.4, -0.2) is 75.7 Å². The fourth-order valence-electron chi connectivity index (χ4n) is 2.67. The Morgan fingerprint density at radius 3 is 1.79 bits per heavy atom. The average molecular weight is 492 g/mol. The molecule has 0 rings (SSSR count). The van der Waals surface area contributed by atoms with Gasteiger partial charge in [0, 0.05) is 18.6 Å². The number of aliphatic carboxylic acids is 2. The molecule has 13 nitrogen and oxygen atoms in total. The van der Waals surface area contributed by atoms with E-state index in [1.54, 1.807) is 0 Å². The van der Waals surface area contributed by atoms with Crippen molar-refractivity contribution < 1.29 is 39.0 Å². The summed E-state index contributed by atoms with van der Waals surface area (Å²) in [4.78, 5) is 70.4. The van der Waals surface area contributed by atoms with E-state index in [1.165, 1.54) is 0 Å². The third-order valence-electron chi connectivity index (χ3n) is 4.46. The van der Waals surface area contributed by atoms with Crippen LogP contribution in [0, 0.1) is 5.92 Å². The van der Waals surface area contributed by atoms with Gasteiger partial charge in [0.25, 0.3) is 0 Å². The standard InChI is InChI=1S/C19H33N5O8S/c1-9(2)7-12(23-16(28)10(20)3-5-14(21)25)17(29)24-13(8-33)18(30)22-11(19(31)32)4-6-15(26)27/h9-13,33H,3-8,20H2,1-2H3,(H2,21,25)(H,22,30)(H,23,28)(H,24,29)(H,26,27)(H,31,32). The maximum atomic E-state index is 12.8. The summed E-state index contributed by atoms with van der Waals surface area (Å²) in [7, 11) is 0. The number of hydrogen-bond donors (Lipinski definition) is 8. The lowest BCUT2D eigenvalue weighted by atomic mass is 10.0. The van der Waals surface area contributed by atoms with Crippen LogP contribution in [0.25, 0.3) is 0 Å². The number of amides is 4. The molecule has 0 radical (unpaired) electrons. The molecule has 9 N–H and O–H groups in total. The van der Waals surface area contributed by atoms with Crippen molar-refractivity contribution in [2.45, 2.75) is 70.1 Å². The Balaban J connectivity index is 5.22. The first kappa shape index (κ1) is 30.1. The van der Waals surface area contributed by atoms with Crippen LogP contribution in [0.1, 0.15) is 46.0 Å². The van der Waals surface area contributed by atoms with Crippen molar-refractivity contribution in [3.63, 3.8) is 0 Å². The lowest BCUT2D eigenvalue weighted by Crippen LogP contribution is -2.58. The Hall–Kier alpha value is -2.87. The van der Waals surface area contributed by atoms with Gasteiger partial charge in [0.1, 0.15) is 18.1 Å². The van der Waals surface area contributed by atoms with Crippen LogP contribution in [0.5, 0.6) is 0 Å². The highest BCUT2D eigenvalue weighted by Crippen LogP contribution is 2.07. The van der Waals surface area contributed by atoms with E-state index in [1.807, 2.05) is 13.8 Å². The highest BCUT2D eigenvalue weighted by atomic mass is 32.1. The summed E-state index contributed by atoms with van der Waals surface area (Å²) in [6.07, 6.45) is -0.736. The average Bonchev–Trinajstić information content (AvgIpc) is 2.71. The van der Waals surface area contributed by atoms with E-state index in [2.05, 4.69) is 28.6 Å². The molecule has 4 atom stereocenters. The molecule has 0 heterocycles. The van der Waals surface area contributed by atoms with E-state index in [0.29, 0.717) is 0 Å². The van der Waals surface area contributed by atoms with Gasteiger partial charge < -0.3 is 37.6 Å². The summed E-state index contributed by atoms with van der Waals surface area (Å²) in [6, 6.07) is -4.85. The Morgan fingerprint density at radius 1 is 0.818 bits per heavy atom. The minimum Gasteiger partial charge on any atom is -0.481 e. The predicted molar refractivity (Wildman–Crippen MR) is 120 cm³/mol. The van der Waals surface area contributed by atoms with Gasteiger partial charge in [-0.1, -0.05) is 13.8 Å². The summed E-state index contributed by atoms with van der Waals surface area (Å²) in [6.45, 7) is 3.62. The number of hydrogen-bond acceptors (Lipinski definition) is 8. The lowest BCUT2D eigenvalue weighted by molar-refractivity contribution is -0.143. The second-order valence-electron chi connectivity index (χ2n) is 7.88. The molecule has 0 fully saturated rings. The first-order valence-electron chi connectivity index (χ1n) is 10.3. The van der Waals surface area contributed by atoms with Crippen molar-refractivity contribution in [1.82, 2.24) is 16.0 Å². The van der Waals surface area contributed by atoms with E-state index < -0.39 is 66.2 Å². The molecule has 0 aromatic heterocycles. The van der Waals surface area contributed by atoms with E-state index in [0.717, 1.165) is 0 Å². The quantitative estimate of drug-likeness (QED) is 0.111. The van der Waals surface area contributed by atoms with Crippen molar-refractivity contribution in [3.05, 3.63) is 0 Å². The van der Waals surface area contributed by atoms with Gasteiger partial charge >= 0.3 is 11.9 Å². The summed E-state index contributed by atoms with van der Waals surface area (Å²) < 4.78 is 0. The molecule has 188 valence electrons. The number of carboxylic acid groups (broad SMARTS) is 2. The third-order valence-corrected chi connectivity index (χ3v) is 4.82. The van der Waals surface area contributed by atoms with Crippen molar-refractivity contribution in [2.24, 2.45) is 17.4 Å². The molecule has 0 bridgehead atoms. The van der Waals surface area contributed by atoms with Gasteiger partial charge in [-0.25, -0.2) is 4.79 Å². The van der Waals surface area contributed by atoms with E-state index in [4.69, 9.17) is 16.6 Å². The topological polar surface area (TPSA) is 231 Å². The van der Waals surface area contributed by atoms with E-state index in [-0.39, 0.29) is 37.4 Å². The second-order valence-corrected chi connectivity index (χ2v) is 8.24. The maximum Gasteiger partial charge on any atom is 0.326 e. The highest BCUT2D eigenvalue weighted by Gasteiger charge is 2.30. The fourth-order valence-corrected chi connectivity index (χ4v) is 2.93. The zero-order chi connectivity index (χ0) is 25.7. The molecule has 14 heteroatoms. The van der Waals surface area contributed by atoms with Crippen LogP contribution in [0.15, 0.2) is 0 Å². The van der Waals surface area contributed by atoms with Crippen molar-refractivity contribution in [1.29, 1.82) is 0 Å². The molecule has 0 aliphatic rings. The molecule has 0 aliphatic carbocycles. The Labute approximate surface area is 196 Å². The summed E-state index contributed by atoms with van der Waals surface area (Å²) in [5, 5.41) is 25.0. The van der Waals surface area contributed by atoms with Crippen LogP contribution in [0.4, 0.5) is 0 Å². The Morgan fingerprint density at radius 2 is 1.33 bits per heavy atom. The molecule has 33 heavy (non-hydrogen) atoms. The molecular formula is C19H33N5O8S. The molecule has 0 aromatic rings. The third kappa shape index (κ3) is 12.7. The Kier molecular flexibility index (Phi) is 13.7. The van der Waals surface area contributed by atoms with Gasteiger partial charge in [-0.15, -0.1) is 0 Å². The van der Waals surface area contributed by atoms with Crippen molar-refractivity contribution in [2.75, 3.05) is 5.75 Å². The second kappa shape index (κ2) is 15.1. The number of carboxylic acids is 2. The number of thiol groups is 1. The minimum atomic E-state index is -1.47. The van der Waals surface area contributed by atoms with Gasteiger partial charge in [0.2, 0.25) is 23.6 Å². The summed E-state index contributed by atoms with van der Waals surface area (Å²) >= 11 is 4.01. The van der Waals surface area contributed by atoms with Crippen LogP contribution in [-0.2, 0) is 28.8 Å². The molecular weight excluding hydrogens is 458 g/mol. The lowest BCUT2D eigenvalue weighted by Gasteiger charge is -2.25. The van der Waals surface area contributed by atoms with Gasteiger partial charge in [-0.05, 0) is 25.2 Å². The summed E-state index contributed by atoms with van der Waals surface area (Å²) in [5.41, 5.74) is 10.8. The van der Waals surface area contributed by atoms with Crippen LogP contribution in [0.3, 0.4) is 0 Å². The monoisotopic (exact) mass is 491 g/mol. The van der Waals surface area contributed by atoms with Crippen LogP contribution >= 0.6 is 12.6 Å². The number of primary amides is 1. The number of nitrogens with one attached hydrogen (secondary N) is 3. The van der Waals surface area contributed by atoms with Crippen molar-refractivity contribution >= 4 is 48.2 Å². The number of carbonyl (C=O) groups is 6. The largest absolute Gasteiger partial charge is 0.481 e. The fraction of sp³-hybridized carbons (Fsp3) is 0.684. The molecule has 0 aromatic carbocycles. The highest BCUT2D eigenvalue weighted by molar-refractivity contribution is 7.80. The number of rotatable bonds is 16. The Bertz CT molecular complexity index is 733. The van der Waals surface area contributed by atoms with E-state index >= 15 is 0 Å². The smallest absolute Gasteiger partial charge is 0.326 e. The summed E-state index contributed by atoms with van der Waals surface area (Å²) in [5.74, 6) is -5.76. The molecule has 0 saturated heterocycles. The van der Waals surface area contributed by atoms with Crippen LogP contribution in [0.2, 0.25) is 0 Å². The van der Waals surface area contributed by atoms with Crippen molar-refractivity contribution in [3.8, 4) is 0 Å². The normalized spacial score (nSPS) is 14.5. The maximum absolute atomic E-state index is 12.8. The van der Waals surface area contributed by atoms with Gasteiger partial charge in [-0.2, -0.15) is 12.6 Å². The SMILES string of the molecule is CC(C)CC(NC(=O)C(N)CCC(N)=O)C(=O)NC(CS)C(=O)NC(CCC(=O)O)C(=O)O. The zero-order valence-electron chi connectivity index (χ0n) is 18.6. The number of carbonyl (C=O) groups excluding carboxylic acids is 4. The molecule has 0 aliphatic heterocycles. The van der Waals surface area contributed by atoms with E-state index in [9.17, 15) is 33.9 Å². The number of nitrogens with two attached hydrogens (primary N) is 2. The van der Waals surface area contributed by atoms with Gasteiger partial charge in [0.05, 0.1) is 6.04 Å². The molecule has 4 amide bonds. The van der Waals surface area contributed by atoms with Gasteiger partial charge in [-0.3, -0.25) is 24.0 Å². The minimum absolute atomic E-state index is 0.00816. The first-order chi connectivity index (χ1) is 15.3. The zero-order valence-corrected chi connectivity index (χ0v) is 19.5. The molecule has 4 unspecified atom stereocenters. The predicted octanol–water partition coefficient (Wildman–Crippen LogP) is -2.04. The first-order valence-corrected chi connectivity index (χ1v) is 10.9.